The van der Waals surface area contributed by atoms with Gasteiger partial charge in [-0.1, -0.05) is 0 Å². The summed E-state index contributed by atoms with van der Waals surface area (Å²) in [7, 11) is -10.4. The summed E-state index contributed by atoms with van der Waals surface area (Å²) in [5, 5.41) is 20.5. The number of aromatic amines is 1. The number of aliphatic hydroxyl groups excluding tert-OH is 2. The van der Waals surface area contributed by atoms with E-state index in [9.17, 15) is 53.1 Å². The fraction of sp³-hybridized carbons (Fsp3) is 0.667. The van der Waals surface area contributed by atoms with Gasteiger partial charge in [-0.15, -0.1) is 11.8 Å². The second-order valence-electron chi connectivity index (χ2n) is 9.34. The van der Waals surface area contributed by atoms with Crippen molar-refractivity contribution in [3.05, 3.63) is 33.1 Å². The van der Waals surface area contributed by atoms with Crippen LogP contribution in [0.15, 0.2) is 21.9 Å². The molecule has 0 amide bonds. The van der Waals surface area contributed by atoms with Gasteiger partial charge in [0.05, 0.1) is 18.7 Å². The number of nitrogens with one attached hydrogen (secondary N) is 1. The van der Waals surface area contributed by atoms with Gasteiger partial charge >= 0.3 is 39.0 Å². The predicted octanol–water partition coefficient (Wildman–Crippen LogP) is -1.68. The first-order valence-corrected chi connectivity index (χ1v) is 16.8. The molecule has 2 aliphatic heterocycles. The van der Waals surface area contributed by atoms with E-state index >= 15 is 0 Å². The van der Waals surface area contributed by atoms with Crippen LogP contribution in [0, 0.1) is 0 Å². The summed E-state index contributed by atoms with van der Waals surface area (Å²) in [6, 6.07) is 0.946. The molecule has 1 aromatic rings. The molecule has 248 valence electrons. The minimum absolute atomic E-state index is 0.382. The van der Waals surface area contributed by atoms with Gasteiger partial charge in [0.1, 0.15) is 23.7 Å². The molecule has 2 aliphatic rings. The summed E-state index contributed by atoms with van der Waals surface area (Å²) < 4.78 is 61.2. The number of esters is 3. The molecule has 0 spiro atoms. The number of H-pyrrole nitrogens is 1. The number of hydrogen-bond acceptors (Lipinski definition) is 17. The Bertz CT molecular complexity index is 1430. The summed E-state index contributed by atoms with van der Waals surface area (Å²) in [5.74, 6) is -2.46. The first-order chi connectivity index (χ1) is 20.4. The lowest BCUT2D eigenvalue weighted by Gasteiger charge is -2.40. The highest BCUT2D eigenvalue weighted by Gasteiger charge is 2.49. The highest BCUT2D eigenvalue weighted by atomic mass is 32.2. The minimum atomic E-state index is -5.35. The number of hydrogen-bond donors (Lipinski definition) is 5. The summed E-state index contributed by atoms with van der Waals surface area (Å²) >= 11 is 0.479. The maximum absolute atomic E-state index is 12.7. The van der Waals surface area contributed by atoms with E-state index in [4.69, 9.17) is 23.7 Å². The first-order valence-electron chi connectivity index (χ1n) is 12.5. The summed E-state index contributed by atoms with van der Waals surface area (Å²) in [4.78, 5) is 80.4. The van der Waals surface area contributed by atoms with Crippen molar-refractivity contribution in [2.45, 2.75) is 69.1 Å². The second kappa shape index (κ2) is 14.8. The predicted molar refractivity (Wildman–Crippen MR) is 143 cm³/mol. The molecule has 10 atom stereocenters. The Morgan fingerprint density at radius 3 is 2.23 bits per heavy atom. The Hall–Kier alpha value is -2.42. The van der Waals surface area contributed by atoms with Crippen LogP contribution in [0.4, 0.5) is 0 Å². The Balaban J connectivity index is 1.63. The largest absolute Gasteiger partial charge is 0.479 e. The Morgan fingerprint density at radius 1 is 1.02 bits per heavy atom. The van der Waals surface area contributed by atoms with Crippen LogP contribution < -0.4 is 11.2 Å². The van der Waals surface area contributed by atoms with Crippen LogP contribution in [-0.2, 0) is 56.0 Å². The minimum Gasteiger partial charge on any atom is -0.456 e. The maximum atomic E-state index is 12.7. The summed E-state index contributed by atoms with van der Waals surface area (Å²) in [5.41, 5.74) is -3.98. The van der Waals surface area contributed by atoms with Gasteiger partial charge < -0.3 is 43.7 Å². The molecule has 5 N–H and O–H groups in total. The summed E-state index contributed by atoms with van der Waals surface area (Å²) in [6.45, 7) is 1.80. The molecule has 20 nitrogen and oxygen atoms in total. The van der Waals surface area contributed by atoms with Crippen LogP contribution in [0.2, 0.25) is 0 Å². The van der Waals surface area contributed by atoms with Crippen molar-refractivity contribution < 1.29 is 76.0 Å². The van der Waals surface area contributed by atoms with Gasteiger partial charge in [-0.2, -0.15) is 0 Å². The van der Waals surface area contributed by atoms with E-state index < -0.39 is 105 Å². The monoisotopic (exact) mass is 692 g/mol. The van der Waals surface area contributed by atoms with Crippen molar-refractivity contribution >= 4 is 45.1 Å². The van der Waals surface area contributed by atoms with E-state index in [1.54, 1.807) is 0 Å². The number of nitrogens with zero attached hydrogens (tertiary/aromatic N) is 1. The van der Waals surface area contributed by atoms with Crippen molar-refractivity contribution in [3.63, 3.8) is 0 Å². The number of thioether (sulfide) groups is 1. The van der Waals surface area contributed by atoms with Crippen molar-refractivity contribution in [1.29, 1.82) is 0 Å². The average molecular weight is 692 g/mol. The lowest BCUT2D eigenvalue weighted by molar-refractivity contribution is -0.213. The smallest absolute Gasteiger partial charge is 0.456 e. The molecule has 2 fully saturated rings. The maximum Gasteiger partial charge on any atom is 0.479 e. The Labute approximate surface area is 251 Å². The molecule has 1 aromatic heterocycles. The van der Waals surface area contributed by atoms with E-state index in [-0.39, 0.29) is 6.61 Å². The van der Waals surface area contributed by atoms with Crippen LogP contribution >= 0.6 is 27.2 Å². The van der Waals surface area contributed by atoms with E-state index in [0.29, 0.717) is 11.8 Å². The van der Waals surface area contributed by atoms with E-state index in [0.717, 1.165) is 37.6 Å². The van der Waals surface area contributed by atoms with Crippen LogP contribution in [0.3, 0.4) is 0 Å². The highest BCUT2D eigenvalue weighted by molar-refractivity contribution is 8.05. The van der Waals surface area contributed by atoms with Crippen molar-refractivity contribution in [1.82, 2.24) is 9.55 Å². The Morgan fingerprint density at radius 2 is 1.64 bits per heavy atom. The number of ether oxygens (including phenoxy) is 5. The van der Waals surface area contributed by atoms with Gasteiger partial charge in [0.15, 0.2) is 24.5 Å². The SMILES string of the molecule is CC(=O)O[C@@H]1[C@@H](OC(C)=O)[C@H](SCP(=O)(O)OP(=O)(O)OC[C@H]2O[C@@H](n3ccc(=O)[nH]c3=O)[C@H](O)[C@@H]2O)OC[C@@H]1OC(C)=O. The highest BCUT2D eigenvalue weighted by Crippen LogP contribution is 2.61. The van der Waals surface area contributed by atoms with Crippen LogP contribution in [0.1, 0.15) is 27.0 Å². The molecule has 23 heteroatoms. The van der Waals surface area contributed by atoms with E-state index in [2.05, 4.69) is 8.83 Å². The number of phosphoric ester groups is 1. The number of rotatable bonds is 12. The molecule has 0 saturated carbocycles. The fourth-order valence-electron chi connectivity index (χ4n) is 4.12. The van der Waals surface area contributed by atoms with Gasteiger partial charge in [-0.05, 0) is 0 Å². The normalized spacial score (nSPS) is 31.3. The molecule has 0 bridgehead atoms. The zero-order chi connectivity index (χ0) is 33.0. The van der Waals surface area contributed by atoms with E-state index in [1.807, 2.05) is 4.98 Å². The standard InChI is InChI=1S/C21H30N2O18P2S/c1-9(24)37-13-6-35-20(18(39-11(3)26)17(13)38-10(2)25)44-8-42(31,32)41-43(33,34)36-7-12-15(28)16(29)19(40-12)23-5-4-14(27)22-21(23)30/h4-5,12-13,15-20,28-29H,6-8H2,1-3H3,(H,31,32)(H,33,34)(H,22,27,30)/t12-,13+,15-,16-,17+,18-,19-,20+/m1/s1. The fourth-order valence-corrected chi connectivity index (χ4v) is 8.46. The molecular weight excluding hydrogens is 662 g/mol. The van der Waals surface area contributed by atoms with Gasteiger partial charge in [0.25, 0.3) is 5.56 Å². The van der Waals surface area contributed by atoms with Crippen molar-refractivity contribution in [3.8, 4) is 0 Å². The number of carbonyl (C=O) groups is 3. The number of carbonyl (C=O) groups excluding carboxylic acids is 3. The topological polar surface area (TPSA) is 286 Å². The molecule has 0 aromatic carbocycles. The number of phosphoric acid groups is 1. The average Bonchev–Trinajstić information content (AvgIpc) is 3.16. The lowest BCUT2D eigenvalue weighted by atomic mass is 10.1. The number of aromatic nitrogens is 2. The zero-order valence-corrected chi connectivity index (χ0v) is 25.8. The lowest BCUT2D eigenvalue weighted by Crippen LogP contribution is -2.56. The van der Waals surface area contributed by atoms with Gasteiger partial charge in [0.2, 0.25) is 0 Å². The quantitative estimate of drug-likeness (QED) is 0.0928. The third-order valence-corrected chi connectivity index (χ3v) is 10.8. The molecule has 2 unspecified atom stereocenters. The Kier molecular flexibility index (Phi) is 12.1. The van der Waals surface area contributed by atoms with Crippen molar-refractivity contribution in [2.75, 3.05) is 18.7 Å². The van der Waals surface area contributed by atoms with Crippen LogP contribution in [-0.4, -0.2) is 108 Å². The molecule has 0 radical (unpaired) electrons. The zero-order valence-electron chi connectivity index (χ0n) is 23.1. The first kappa shape index (κ1) is 36.1. The van der Waals surface area contributed by atoms with E-state index in [1.165, 1.54) is 0 Å². The van der Waals surface area contributed by atoms with Gasteiger partial charge in [-0.3, -0.25) is 37.8 Å². The number of aliphatic hydroxyl groups is 2. The molecule has 2 saturated heterocycles. The molecule has 0 aliphatic carbocycles. The van der Waals surface area contributed by atoms with Gasteiger partial charge in [0, 0.05) is 33.0 Å². The molecule has 3 rings (SSSR count). The third kappa shape index (κ3) is 9.79. The van der Waals surface area contributed by atoms with Gasteiger partial charge in [-0.25, -0.2) is 13.7 Å². The van der Waals surface area contributed by atoms with Crippen molar-refractivity contribution in [2.24, 2.45) is 0 Å². The van der Waals surface area contributed by atoms with Crippen LogP contribution in [0.5, 0.6) is 0 Å². The molecular formula is C21H30N2O18P2S. The third-order valence-electron chi connectivity index (χ3n) is 5.80. The molecule has 3 heterocycles. The molecule has 44 heavy (non-hydrogen) atoms. The summed E-state index contributed by atoms with van der Waals surface area (Å²) in [6.07, 6.45) is -9.62. The second-order valence-corrected chi connectivity index (χ2v) is 14.3. The van der Waals surface area contributed by atoms with Crippen LogP contribution in [0.25, 0.3) is 0 Å².